The molecule has 0 unspecified atom stereocenters. The highest BCUT2D eigenvalue weighted by Crippen LogP contribution is 2.15. The Kier molecular flexibility index (Phi) is 2.66. The summed E-state index contributed by atoms with van der Waals surface area (Å²) in [6.07, 6.45) is 0.803. The first kappa shape index (κ1) is 11.6. The van der Waals surface area contributed by atoms with E-state index in [9.17, 15) is 14.8 Å². The van der Waals surface area contributed by atoms with E-state index in [-0.39, 0.29) is 17.2 Å². The van der Waals surface area contributed by atoms with E-state index in [1.807, 2.05) is 0 Å². The number of nitrogens with zero attached hydrogens (tertiary/aromatic N) is 3. The molecule has 0 radical (unpaired) electrons. The van der Waals surface area contributed by atoms with Crippen LogP contribution < -0.4 is 4.90 Å². The largest absolute Gasteiger partial charge is 0.359 e. The number of fused-ring (bicyclic) bond motifs is 1. The SMILES string of the molecule is O=C1CCN(C(=O)c2ccc3c(c2)no[n+]3[O-])CC1. The molecule has 0 aliphatic carbocycles. The average Bonchev–Trinajstić information content (AvgIpc) is 2.80. The van der Waals surface area contributed by atoms with Gasteiger partial charge in [0.05, 0.1) is 0 Å². The normalized spacial score (nSPS) is 16.0. The Morgan fingerprint density at radius 1 is 1.37 bits per heavy atom. The minimum atomic E-state index is -0.158. The molecule has 0 atom stereocenters. The summed E-state index contributed by atoms with van der Waals surface area (Å²) in [7, 11) is 0. The van der Waals surface area contributed by atoms with Crippen molar-refractivity contribution in [3.05, 3.63) is 29.0 Å². The number of aromatic nitrogens is 2. The van der Waals surface area contributed by atoms with Crippen LogP contribution in [0.15, 0.2) is 22.8 Å². The third-order valence-electron chi connectivity index (χ3n) is 3.24. The molecule has 0 spiro atoms. The zero-order valence-electron chi connectivity index (χ0n) is 10.0. The number of amides is 1. The van der Waals surface area contributed by atoms with Gasteiger partial charge in [-0.15, -0.1) is 0 Å². The van der Waals surface area contributed by atoms with Crippen LogP contribution in [0.1, 0.15) is 23.2 Å². The Labute approximate surface area is 107 Å². The lowest BCUT2D eigenvalue weighted by Gasteiger charge is -2.25. The van der Waals surface area contributed by atoms with Gasteiger partial charge in [0.15, 0.2) is 0 Å². The summed E-state index contributed by atoms with van der Waals surface area (Å²) >= 11 is 0. The first-order chi connectivity index (χ1) is 9.15. The summed E-state index contributed by atoms with van der Waals surface area (Å²) in [5.41, 5.74) is 1.06. The highest BCUT2D eigenvalue weighted by Gasteiger charge is 2.23. The molecule has 98 valence electrons. The molecule has 1 saturated heterocycles. The first-order valence-electron chi connectivity index (χ1n) is 5.95. The molecular formula is C12H11N3O4. The zero-order valence-corrected chi connectivity index (χ0v) is 10.0. The van der Waals surface area contributed by atoms with Gasteiger partial charge in [0.25, 0.3) is 5.91 Å². The van der Waals surface area contributed by atoms with Crippen LogP contribution in [0, 0.1) is 5.21 Å². The van der Waals surface area contributed by atoms with Crippen molar-refractivity contribution < 1.29 is 19.1 Å². The number of hydrogen-bond donors (Lipinski definition) is 0. The van der Waals surface area contributed by atoms with Crippen LogP contribution in [-0.4, -0.2) is 34.8 Å². The maximum Gasteiger partial charge on any atom is 0.254 e. The number of piperidine rings is 1. The Morgan fingerprint density at radius 3 is 2.84 bits per heavy atom. The van der Waals surface area contributed by atoms with Crippen molar-refractivity contribution in [2.45, 2.75) is 12.8 Å². The van der Waals surface area contributed by atoms with E-state index in [2.05, 4.69) is 9.79 Å². The molecule has 19 heavy (non-hydrogen) atoms. The molecular weight excluding hydrogens is 250 g/mol. The maximum absolute atomic E-state index is 12.2. The van der Waals surface area contributed by atoms with Crippen LogP contribution in [0.5, 0.6) is 0 Å². The fourth-order valence-electron chi connectivity index (χ4n) is 2.15. The lowest BCUT2D eigenvalue weighted by Crippen LogP contribution is -2.38. The number of benzene rings is 1. The van der Waals surface area contributed by atoms with Crippen LogP contribution in [-0.2, 0) is 4.79 Å². The van der Waals surface area contributed by atoms with E-state index in [1.54, 1.807) is 11.0 Å². The third-order valence-corrected chi connectivity index (χ3v) is 3.24. The molecule has 1 aromatic carbocycles. The number of rotatable bonds is 1. The van der Waals surface area contributed by atoms with E-state index >= 15 is 0 Å². The van der Waals surface area contributed by atoms with Gasteiger partial charge in [-0.25, -0.2) is 0 Å². The predicted octanol–water partition coefficient (Wildman–Crippen LogP) is 0.266. The minimum Gasteiger partial charge on any atom is -0.359 e. The van der Waals surface area contributed by atoms with Gasteiger partial charge in [0, 0.05) is 42.7 Å². The summed E-state index contributed by atoms with van der Waals surface area (Å²) in [4.78, 5) is 25.3. The number of hydrogen-bond acceptors (Lipinski definition) is 5. The Balaban J connectivity index is 1.87. The predicted molar refractivity (Wildman–Crippen MR) is 63.1 cm³/mol. The topological polar surface area (TPSA) is 90.4 Å². The van der Waals surface area contributed by atoms with Gasteiger partial charge in [-0.2, -0.15) is 0 Å². The van der Waals surface area contributed by atoms with Crippen LogP contribution in [0.25, 0.3) is 11.0 Å². The molecule has 0 bridgehead atoms. The number of likely N-dealkylation sites (tertiary alicyclic amines) is 1. The lowest BCUT2D eigenvalue weighted by molar-refractivity contribution is -0.782. The number of carbonyl (C=O) groups is 2. The van der Waals surface area contributed by atoms with E-state index < -0.39 is 0 Å². The second-order valence-electron chi connectivity index (χ2n) is 4.46. The van der Waals surface area contributed by atoms with Gasteiger partial charge in [-0.1, -0.05) is 0 Å². The van der Waals surface area contributed by atoms with Gasteiger partial charge in [0.2, 0.25) is 11.0 Å². The summed E-state index contributed by atoms with van der Waals surface area (Å²) in [5, 5.41) is 14.7. The fourth-order valence-corrected chi connectivity index (χ4v) is 2.15. The van der Waals surface area contributed by atoms with Gasteiger partial charge >= 0.3 is 0 Å². The van der Waals surface area contributed by atoms with Crippen molar-refractivity contribution in [1.29, 1.82) is 0 Å². The summed E-state index contributed by atoms with van der Waals surface area (Å²) in [6, 6.07) is 4.58. The Bertz CT molecular complexity index is 654. The highest BCUT2D eigenvalue weighted by molar-refractivity contribution is 5.97. The van der Waals surface area contributed by atoms with Crippen molar-refractivity contribution >= 4 is 22.7 Å². The molecule has 0 N–H and O–H groups in total. The number of carbonyl (C=O) groups excluding carboxylic acids is 2. The van der Waals surface area contributed by atoms with Crippen LogP contribution in [0.3, 0.4) is 0 Å². The summed E-state index contributed by atoms with van der Waals surface area (Å²) in [6.45, 7) is 0.881. The van der Waals surface area contributed by atoms with E-state index in [4.69, 9.17) is 0 Å². The highest BCUT2D eigenvalue weighted by atomic mass is 16.8. The molecule has 1 fully saturated rings. The quantitative estimate of drug-likeness (QED) is 0.687. The van der Waals surface area contributed by atoms with Gasteiger partial charge in [0.1, 0.15) is 5.78 Å². The summed E-state index contributed by atoms with van der Waals surface area (Å²) in [5.74, 6) is 0.0262. The molecule has 1 amide bonds. The molecule has 7 nitrogen and oxygen atoms in total. The molecule has 2 aromatic rings. The van der Waals surface area contributed by atoms with Gasteiger partial charge in [-0.3, -0.25) is 14.2 Å². The first-order valence-corrected chi connectivity index (χ1v) is 5.95. The van der Waals surface area contributed by atoms with Gasteiger partial charge < -0.3 is 10.1 Å². The van der Waals surface area contributed by atoms with Crippen molar-refractivity contribution in [2.24, 2.45) is 0 Å². The van der Waals surface area contributed by atoms with Crippen LogP contribution >= 0.6 is 0 Å². The molecule has 1 aliphatic heterocycles. The molecule has 0 saturated carbocycles. The number of ketones is 1. The fraction of sp³-hybridized carbons (Fsp3) is 0.333. The van der Waals surface area contributed by atoms with E-state index in [1.165, 1.54) is 12.1 Å². The monoisotopic (exact) mass is 261 g/mol. The second-order valence-corrected chi connectivity index (χ2v) is 4.46. The Morgan fingerprint density at radius 2 is 2.11 bits per heavy atom. The number of Topliss-reactive ketones (excluding diaryl/α,β-unsaturated/α-hetero) is 1. The molecule has 2 heterocycles. The molecule has 1 aromatic heterocycles. The molecule has 3 rings (SSSR count). The third kappa shape index (κ3) is 2.03. The second kappa shape index (κ2) is 4.34. The van der Waals surface area contributed by atoms with Crippen LogP contribution in [0.2, 0.25) is 0 Å². The Hall–Kier alpha value is -2.44. The average molecular weight is 261 g/mol. The maximum atomic E-state index is 12.2. The zero-order chi connectivity index (χ0) is 13.4. The molecule has 7 heteroatoms. The standard InChI is InChI=1S/C12H11N3O4/c16-9-3-5-14(6-4-9)12(17)8-1-2-11-10(7-8)13-19-15(11)18/h1-2,7H,3-6H2. The van der Waals surface area contributed by atoms with E-state index in [0.717, 1.165) is 0 Å². The van der Waals surface area contributed by atoms with Crippen molar-refractivity contribution in [1.82, 2.24) is 10.1 Å². The molecule has 1 aliphatic rings. The van der Waals surface area contributed by atoms with Crippen LogP contribution in [0.4, 0.5) is 0 Å². The smallest absolute Gasteiger partial charge is 0.254 e. The van der Waals surface area contributed by atoms with Gasteiger partial charge in [-0.05, 0) is 17.0 Å². The summed E-state index contributed by atoms with van der Waals surface area (Å²) < 4.78 is 4.45. The van der Waals surface area contributed by atoms with Crippen molar-refractivity contribution in [3.8, 4) is 0 Å². The lowest BCUT2D eigenvalue weighted by atomic mass is 10.1. The van der Waals surface area contributed by atoms with Crippen molar-refractivity contribution in [3.63, 3.8) is 0 Å². The van der Waals surface area contributed by atoms with E-state index in [0.29, 0.717) is 41.9 Å². The van der Waals surface area contributed by atoms with Crippen molar-refractivity contribution in [2.75, 3.05) is 13.1 Å². The minimum absolute atomic E-state index is 0.158.